The van der Waals surface area contributed by atoms with Crippen LogP contribution in [-0.2, 0) is 6.42 Å². The van der Waals surface area contributed by atoms with Crippen molar-refractivity contribution in [2.45, 2.75) is 32.2 Å². The SMILES string of the molecule is CCc1cc(=O)[nH]c(-c2cncn2C2CC2)n1. The Morgan fingerprint density at radius 1 is 1.53 bits per heavy atom. The van der Waals surface area contributed by atoms with Crippen molar-refractivity contribution in [3.05, 3.63) is 34.6 Å². The van der Waals surface area contributed by atoms with Gasteiger partial charge in [0.15, 0.2) is 5.82 Å². The fraction of sp³-hybridized carbons (Fsp3) is 0.417. The van der Waals surface area contributed by atoms with E-state index in [4.69, 9.17) is 0 Å². The Morgan fingerprint density at radius 2 is 2.35 bits per heavy atom. The lowest BCUT2D eigenvalue weighted by Crippen LogP contribution is -2.11. The molecule has 1 aliphatic rings. The number of nitrogens with one attached hydrogen (secondary N) is 1. The van der Waals surface area contributed by atoms with Gasteiger partial charge in [-0.1, -0.05) is 6.92 Å². The molecule has 1 aliphatic carbocycles. The van der Waals surface area contributed by atoms with Gasteiger partial charge in [0.05, 0.1) is 12.5 Å². The summed E-state index contributed by atoms with van der Waals surface area (Å²) in [5, 5.41) is 0. The predicted molar refractivity (Wildman–Crippen MR) is 63.7 cm³/mol. The van der Waals surface area contributed by atoms with Crippen molar-refractivity contribution in [3.63, 3.8) is 0 Å². The molecule has 5 heteroatoms. The summed E-state index contributed by atoms with van der Waals surface area (Å²) < 4.78 is 2.09. The quantitative estimate of drug-likeness (QED) is 0.869. The molecule has 0 atom stereocenters. The molecule has 17 heavy (non-hydrogen) atoms. The molecule has 0 amide bonds. The van der Waals surface area contributed by atoms with Gasteiger partial charge in [0.2, 0.25) is 0 Å². The van der Waals surface area contributed by atoms with E-state index in [0.29, 0.717) is 11.9 Å². The molecular formula is C12H14N4O. The Bertz CT molecular complexity index is 595. The molecule has 3 rings (SSSR count). The number of aromatic amines is 1. The highest BCUT2D eigenvalue weighted by Gasteiger charge is 2.26. The number of aryl methyl sites for hydroxylation is 1. The Morgan fingerprint density at radius 3 is 3.06 bits per heavy atom. The van der Waals surface area contributed by atoms with Crippen LogP contribution < -0.4 is 5.56 Å². The highest BCUT2D eigenvalue weighted by Crippen LogP contribution is 2.37. The number of aromatic nitrogens is 4. The van der Waals surface area contributed by atoms with Gasteiger partial charge in [0.1, 0.15) is 5.69 Å². The number of hydrogen-bond donors (Lipinski definition) is 1. The van der Waals surface area contributed by atoms with E-state index in [1.54, 1.807) is 12.3 Å². The van der Waals surface area contributed by atoms with Crippen LogP contribution in [0.3, 0.4) is 0 Å². The molecule has 1 N–H and O–H groups in total. The minimum Gasteiger partial charge on any atom is -0.325 e. The van der Waals surface area contributed by atoms with E-state index in [2.05, 4.69) is 19.5 Å². The summed E-state index contributed by atoms with van der Waals surface area (Å²) in [5.41, 5.74) is 1.61. The third-order valence-corrected chi connectivity index (χ3v) is 3.01. The fourth-order valence-electron chi connectivity index (χ4n) is 1.94. The topological polar surface area (TPSA) is 63.6 Å². The first kappa shape index (κ1) is 10.3. The molecule has 0 spiro atoms. The standard InChI is InChI=1S/C12H14N4O/c1-2-8-5-11(17)15-12(14-8)10-6-13-7-16(10)9-3-4-9/h5-7,9H,2-4H2,1H3,(H,14,15,17). The van der Waals surface area contributed by atoms with Crippen LogP contribution in [0.4, 0.5) is 0 Å². The van der Waals surface area contributed by atoms with Crippen LogP contribution in [0.1, 0.15) is 31.5 Å². The molecule has 1 fully saturated rings. The normalized spacial score (nSPS) is 15.1. The minimum absolute atomic E-state index is 0.101. The molecule has 0 aromatic carbocycles. The van der Waals surface area contributed by atoms with Gasteiger partial charge in [-0.15, -0.1) is 0 Å². The van der Waals surface area contributed by atoms with Gasteiger partial charge in [-0.2, -0.15) is 0 Å². The summed E-state index contributed by atoms with van der Waals surface area (Å²) in [6, 6.07) is 2.07. The molecule has 1 saturated carbocycles. The van der Waals surface area contributed by atoms with Gasteiger partial charge >= 0.3 is 0 Å². The minimum atomic E-state index is -0.101. The smallest absolute Gasteiger partial charge is 0.251 e. The Balaban J connectivity index is 2.10. The van der Waals surface area contributed by atoms with E-state index < -0.39 is 0 Å². The van der Waals surface area contributed by atoms with E-state index in [0.717, 1.165) is 17.8 Å². The number of rotatable bonds is 3. The number of hydrogen-bond acceptors (Lipinski definition) is 3. The molecule has 0 aliphatic heterocycles. The second-order valence-corrected chi connectivity index (χ2v) is 4.36. The molecule has 88 valence electrons. The van der Waals surface area contributed by atoms with Crippen molar-refractivity contribution in [3.8, 4) is 11.5 Å². The van der Waals surface area contributed by atoms with Crippen molar-refractivity contribution in [1.82, 2.24) is 19.5 Å². The number of nitrogens with zero attached hydrogens (tertiary/aromatic N) is 3. The summed E-state index contributed by atoms with van der Waals surface area (Å²) in [6.45, 7) is 1.99. The molecule has 0 unspecified atom stereocenters. The Kier molecular flexibility index (Phi) is 2.31. The van der Waals surface area contributed by atoms with Crippen molar-refractivity contribution < 1.29 is 0 Å². The monoisotopic (exact) mass is 230 g/mol. The molecule has 0 radical (unpaired) electrons. The number of imidazole rings is 1. The molecular weight excluding hydrogens is 216 g/mol. The van der Waals surface area contributed by atoms with E-state index in [-0.39, 0.29) is 5.56 Å². The largest absolute Gasteiger partial charge is 0.325 e. The van der Waals surface area contributed by atoms with Gasteiger partial charge in [0, 0.05) is 17.8 Å². The first-order chi connectivity index (χ1) is 8.28. The summed E-state index contributed by atoms with van der Waals surface area (Å²) in [6.07, 6.45) is 6.69. The highest BCUT2D eigenvalue weighted by atomic mass is 16.1. The van der Waals surface area contributed by atoms with Crippen LogP contribution in [0, 0.1) is 0 Å². The summed E-state index contributed by atoms with van der Waals surface area (Å²) in [5.74, 6) is 0.624. The van der Waals surface area contributed by atoms with Crippen molar-refractivity contribution in [2.75, 3.05) is 0 Å². The Hall–Kier alpha value is -1.91. The lowest BCUT2D eigenvalue weighted by Gasteiger charge is -2.06. The van der Waals surface area contributed by atoms with Gasteiger partial charge < -0.3 is 9.55 Å². The maximum atomic E-state index is 11.5. The first-order valence-corrected chi connectivity index (χ1v) is 5.90. The summed E-state index contributed by atoms with van der Waals surface area (Å²) in [4.78, 5) is 22.9. The van der Waals surface area contributed by atoms with Crippen molar-refractivity contribution >= 4 is 0 Å². The van der Waals surface area contributed by atoms with Crippen molar-refractivity contribution in [1.29, 1.82) is 0 Å². The van der Waals surface area contributed by atoms with Crippen LogP contribution in [-0.4, -0.2) is 19.5 Å². The van der Waals surface area contributed by atoms with Crippen LogP contribution in [0.15, 0.2) is 23.4 Å². The summed E-state index contributed by atoms with van der Waals surface area (Å²) in [7, 11) is 0. The van der Waals surface area contributed by atoms with Crippen LogP contribution >= 0.6 is 0 Å². The highest BCUT2D eigenvalue weighted by molar-refractivity contribution is 5.49. The first-order valence-electron chi connectivity index (χ1n) is 5.90. The van der Waals surface area contributed by atoms with Gasteiger partial charge in [-0.05, 0) is 19.3 Å². The fourth-order valence-corrected chi connectivity index (χ4v) is 1.94. The average molecular weight is 230 g/mol. The van der Waals surface area contributed by atoms with E-state index >= 15 is 0 Å². The Labute approximate surface area is 98.5 Å². The lowest BCUT2D eigenvalue weighted by atomic mass is 10.3. The van der Waals surface area contributed by atoms with Crippen LogP contribution in [0.2, 0.25) is 0 Å². The zero-order valence-corrected chi connectivity index (χ0v) is 9.68. The van der Waals surface area contributed by atoms with Crippen LogP contribution in [0.5, 0.6) is 0 Å². The van der Waals surface area contributed by atoms with Gasteiger partial charge in [-0.3, -0.25) is 4.79 Å². The van der Waals surface area contributed by atoms with Crippen LogP contribution in [0.25, 0.3) is 11.5 Å². The molecule has 0 saturated heterocycles. The number of H-pyrrole nitrogens is 1. The molecule has 2 aromatic rings. The second kappa shape index (κ2) is 3.84. The maximum absolute atomic E-state index is 11.5. The zero-order chi connectivity index (χ0) is 11.8. The summed E-state index contributed by atoms with van der Waals surface area (Å²) >= 11 is 0. The predicted octanol–water partition coefficient (Wildman–Crippen LogP) is 1.53. The molecule has 2 heterocycles. The van der Waals surface area contributed by atoms with Gasteiger partial charge in [-0.25, -0.2) is 9.97 Å². The second-order valence-electron chi connectivity index (χ2n) is 4.36. The van der Waals surface area contributed by atoms with Crippen molar-refractivity contribution in [2.24, 2.45) is 0 Å². The van der Waals surface area contributed by atoms with Gasteiger partial charge in [0.25, 0.3) is 5.56 Å². The molecule has 5 nitrogen and oxygen atoms in total. The van der Waals surface area contributed by atoms with E-state index in [9.17, 15) is 4.79 Å². The zero-order valence-electron chi connectivity index (χ0n) is 9.68. The molecule has 0 bridgehead atoms. The third kappa shape index (κ3) is 1.88. The average Bonchev–Trinajstić information content (AvgIpc) is 3.06. The van der Waals surface area contributed by atoms with E-state index in [1.807, 2.05) is 13.3 Å². The maximum Gasteiger partial charge on any atom is 0.251 e. The van der Waals surface area contributed by atoms with E-state index in [1.165, 1.54) is 12.8 Å². The lowest BCUT2D eigenvalue weighted by molar-refractivity contribution is 0.741. The third-order valence-electron chi connectivity index (χ3n) is 3.01. The molecule has 2 aromatic heterocycles.